The molecule has 0 radical (unpaired) electrons. The average Bonchev–Trinajstić information content (AvgIpc) is 2.43. The predicted molar refractivity (Wildman–Crippen MR) is 70.2 cm³/mol. The van der Waals surface area contributed by atoms with Crippen molar-refractivity contribution in [2.24, 2.45) is 0 Å². The summed E-state index contributed by atoms with van der Waals surface area (Å²) in [5.74, 6) is -3.43. The number of carbonyl (C=O) groups is 1. The molecule has 1 amide bonds. The molecule has 0 spiro atoms. The number of carbonyl (C=O) groups excluding carboxylic acids is 1. The molecular weight excluding hydrogens is 308 g/mol. The highest BCUT2D eigenvalue weighted by Crippen LogP contribution is 2.27. The lowest BCUT2D eigenvalue weighted by molar-refractivity contribution is -0.385. The quantitative estimate of drug-likeness (QED) is 0.536. The van der Waals surface area contributed by atoms with Crippen molar-refractivity contribution in [2.75, 3.05) is 5.32 Å². The lowest BCUT2D eigenvalue weighted by Gasteiger charge is -2.07. The van der Waals surface area contributed by atoms with Gasteiger partial charge in [-0.2, -0.15) is 0 Å². The molecule has 0 saturated heterocycles. The number of hydrogen-bond acceptors (Lipinski definition) is 4. The van der Waals surface area contributed by atoms with Crippen LogP contribution in [0.5, 0.6) is 0 Å². The third-order valence-corrected chi connectivity index (χ3v) is 2.78. The smallest absolute Gasteiger partial charge is 0.319 e. The topological polar surface area (TPSA) is 85.1 Å². The summed E-state index contributed by atoms with van der Waals surface area (Å²) in [6.07, 6.45) is 1.09. The number of nitrogens with zero attached hydrogens (tertiary/aromatic N) is 2. The molecular formula is C12H6ClF2N3O3. The molecule has 0 fully saturated rings. The first kappa shape index (κ1) is 14.8. The standard InChI is InChI=1S/C12H6ClF2N3O3/c13-11-10(18(20)21)6(4-5-16-11)12(19)17-8-3-1-2-7(14)9(8)15/h1-5H,(H,17,19). The van der Waals surface area contributed by atoms with E-state index in [1.807, 2.05) is 5.32 Å². The summed E-state index contributed by atoms with van der Waals surface area (Å²) in [5.41, 5.74) is -1.57. The molecule has 6 nitrogen and oxygen atoms in total. The van der Waals surface area contributed by atoms with Crippen LogP contribution in [0.25, 0.3) is 0 Å². The van der Waals surface area contributed by atoms with Crippen LogP contribution in [-0.2, 0) is 0 Å². The third kappa shape index (κ3) is 2.95. The number of rotatable bonds is 3. The van der Waals surface area contributed by atoms with Crippen LogP contribution >= 0.6 is 11.6 Å². The molecule has 1 aromatic heterocycles. The van der Waals surface area contributed by atoms with Gasteiger partial charge in [-0.3, -0.25) is 14.9 Å². The van der Waals surface area contributed by atoms with E-state index in [0.717, 1.165) is 24.4 Å². The van der Waals surface area contributed by atoms with Gasteiger partial charge in [-0.05, 0) is 18.2 Å². The van der Waals surface area contributed by atoms with Crippen molar-refractivity contribution in [3.05, 3.63) is 62.9 Å². The number of nitro groups is 1. The molecule has 0 aliphatic heterocycles. The van der Waals surface area contributed by atoms with Crippen LogP contribution in [0, 0.1) is 21.7 Å². The summed E-state index contributed by atoms with van der Waals surface area (Å²) in [7, 11) is 0. The van der Waals surface area contributed by atoms with Crippen molar-refractivity contribution >= 4 is 28.9 Å². The Morgan fingerprint density at radius 1 is 1.33 bits per heavy atom. The summed E-state index contributed by atoms with van der Waals surface area (Å²) < 4.78 is 26.5. The van der Waals surface area contributed by atoms with Crippen molar-refractivity contribution in [3.63, 3.8) is 0 Å². The minimum atomic E-state index is -1.27. The summed E-state index contributed by atoms with van der Waals surface area (Å²) in [5, 5.41) is 12.5. The first-order valence-electron chi connectivity index (χ1n) is 5.46. The fourth-order valence-electron chi connectivity index (χ4n) is 1.58. The lowest BCUT2D eigenvalue weighted by atomic mass is 10.2. The number of halogens is 3. The normalized spacial score (nSPS) is 10.2. The van der Waals surface area contributed by atoms with Crippen molar-refractivity contribution < 1.29 is 18.5 Å². The van der Waals surface area contributed by atoms with Gasteiger partial charge in [0.2, 0.25) is 5.15 Å². The largest absolute Gasteiger partial charge is 0.319 e. The Balaban J connectivity index is 2.40. The fourth-order valence-corrected chi connectivity index (χ4v) is 1.80. The van der Waals surface area contributed by atoms with Crippen LogP contribution in [0.15, 0.2) is 30.5 Å². The van der Waals surface area contributed by atoms with E-state index in [-0.39, 0.29) is 0 Å². The number of amides is 1. The van der Waals surface area contributed by atoms with Crippen LogP contribution in [0.1, 0.15) is 10.4 Å². The molecule has 0 aliphatic rings. The number of aromatic nitrogens is 1. The van der Waals surface area contributed by atoms with Gasteiger partial charge in [0, 0.05) is 6.20 Å². The van der Waals surface area contributed by atoms with Crippen molar-refractivity contribution in [3.8, 4) is 0 Å². The van der Waals surface area contributed by atoms with E-state index >= 15 is 0 Å². The van der Waals surface area contributed by atoms with E-state index in [1.54, 1.807) is 0 Å². The molecule has 108 valence electrons. The second kappa shape index (κ2) is 5.80. The Kier molecular flexibility index (Phi) is 4.08. The van der Waals surface area contributed by atoms with Gasteiger partial charge in [0.15, 0.2) is 11.6 Å². The summed E-state index contributed by atoms with van der Waals surface area (Å²) in [4.78, 5) is 25.5. The molecule has 1 N–H and O–H groups in total. The van der Waals surface area contributed by atoms with Crippen LogP contribution in [0.2, 0.25) is 5.15 Å². The van der Waals surface area contributed by atoms with Gasteiger partial charge in [0.1, 0.15) is 5.56 Å². The van der Waals surface area contributed by atoms with E-state index in [4.69, 9.17) is 11.6 Å². The average molecular weight is 314 g/mol. The first-order chi connectivity index (χ1) is 9.91. The zero-order valence-corrected chi connectivity index (χ0v) is 10.9. The van der Waals surface area contributed by atoms with E-state index in [2.05, 4.69) is 4.98 Å². The molecule has 0 saturated carbocycles. The van der Waals surface area contributed by atoms with Crippen molar-refractivity contribution in [1.29, 1.82) is 0 Å². The van der Waals surface area contributed by atoms with Gasteiger partial charge in [-0.1, -0.05) is 17.7 Å². The van der Waals surface area contributed by atoms with Gasteiger partial charge >= 0.3 is 5.69 Å². The SMILES string of the molecule is O=C(Nc1cccc(F)c1F)c1ccnc(Cl)c1[N+](=O)[O-]. The number of benzene rings is 1. The third-order valence-electron chi connectivity index (χ3n) is 2.51. The minimum absolute atomic E-state index is 0.413. The summed E-state index contributed by atoms with van der Waals surface area (Å²) in [6.45, 7) is 0. The van der Waals surface area contributed by atoms with Gasteiger partial charge in [0.25, 0.3) is 5.91 Å². The van der Waals surface area contributed by atoms with E-state index < -0.39 is 44.6 Å². The highest BCUT2D eigenvalue weighted by molar-refractivity contribution is 6.32. The molecule has 0 bridgehead atoms. The molecule has 2 aromatic rings. The number of anilines is 1. The summed E-state index contributed by atoms with van der Waals surface area (Å²) >= 11 is 5.56. The summed E-state index contributed by atoms with van der Waals surface area (Å²) in [6, 6.07) is 4.22. The highest BCUT2D eigenvalue weighted by Gasteiger charge is 2.25. The van der Waals surface area contributed by atoms with Crippen LogP contribution in [-0.4, -0.2) is 15.8 Å². The van der Waals surface area contributed by atoms with Gasteiger partial charge in [0.05, 0.1) is 10.6 Å². The second-order valence-corrected chi connectivity index (χ2v) is 4.17. The van der Waals surface area contributed by atoms with Crippen molar-refractivity contribution in [1.82, 2.24) is 4.98 Å². The lowest BCUT2D eigenvalue weighted by Crippen LogP contribution is -2.15. The van der Waals surface area contributed by atoms with Crippen LogP contribution < -0.4 is 5.32 Å². The van der Waals surface area contributed by atoms with Gasteiger partial charge in [-0.15, -0.1) is 0 Å². The van der Waals surface area contributed by atoms with Crippen LogP contribution in [0.4, 0.5) is 20.2 Å². The molecule has 21 heavy (non-hydrogen) atoms. The Bertz CT molecular complexity index is 740. The fraction of sp³-hybridized carbons (Fsp3) is 0. The number of pyridine rings is 1. The number of nitrogens with one attached hydrogen (secondary N) is 1. The van der Waals surface area contributed by atoms with E-state index in [1.165, 1.54) is 6.07 Å². The predicted octanol–water partition coefficient (Wildman–Crippen LogP) is 3.17. The number of hydrogen-bond donors (Lipinski definition) is 1. The Hall–Kier alpha value is -2.61. The molecule has 0 aliphatic carbocycles. The van der Waals surface area contributed by atoms with Crippen molar-refractivity contribution in [2.45, 2.75) is 0 Å². The van der Waals surface area contributed by atoms with Gasteiger partial charge in [-0.25, -0.2) is 13.8 Å². The highest BCUT2D eigenvalue weighted by atomic mass is 35.5. The van der Waals surface area contributed by atoms with Crippen LogP contribution in [0.3, 0.4) is 0 Å². The molecule has 2 rings (SSSR count). The molecule has 1 heterocycles. The zero-order chi connectivity index (χ0) is 15.6. The zero-order valence-electron chi connectivity index (χ0n) is 10.1. The first-order valence-corrected chi connectivity index (χ1v) is 5.84. The van der Waals surface area contributed by atoms with Gasteiger partial charge < -0.3 is 5.32 Å². The Morgan fingerprint density at radius 3 is 2.71 bits per heavy atom. The maximum absolute atomic E-state index is 13.5. The Labute approximate surface area is 121 Å². The maximum atomic E-state index is 13.5. The second-order valence-electron chi connectivity index (χ2n) is 3.81. The molecule has 9 heteroatoms. The minimum Gasteiger partial charge on any atom is -0.319 e. The van der Waals surface area contributed by atoms with E-state index in [9.17, 15) is 23.7 Å². The molecule has 0 unspecified atom stereocenters. The Morgan fingerprint density at radius 2 is 2.05 bits per heavy atom. The maximum Gasteiger partial charge on any atom is 0.319 e. The monoisotopic (exact) mass is 313 g/mol. The molecule has 0 atom stereocenters. The molecule has 1 aromatic carbocycles. The van der Waals surface area contributed by atoms with E-state index in [0.29, 0.717) is 0 Å².